The smallest absolute Gasteiger partial charge is 0.129 e. The molecule has 17 heavy (non-hydrogen) atoms. The molecule has 4 nitrogen and oxygen atoms in total. The van der Waals surface area contributed by atoms with Crippen molar-refractivity contribution in [2.45, 2.75) is 25.6 Å². The van der Waals surface area contributed by atoms with Gasteiger partial charge in [-0.05, 0) is 25.0 Å². The summed E-state index contributed by atoms with van der Waals surface area (Å²) >= 11 is 5.93. The van der Waals surface area contributed by atoms with Gasteiger partial charge in [-0.3, -0.25) is 0 Å². The van der Waals surface area contributed by atoms with Crippen LogP contribution < -0.4 is 4.90 Å². The number of hydrogen-bond acceptors (Lipinski definition) is 4. The zero-order valence-corrected chi connectivity index (χ0v) is 10.7. The van der Waals surface area contributed by atoms with Crippen LogP contribution in [0.2, 0.25) is 5.02 Å². The number of aliphatic hydroxyl groups is 1. The lowest BCUT2D eigenvalue weighted by atomic mass is 10.1. The van der Waals surface area contributed by atoms with Gasteiger partial charge >= 0.3 is 0 Å². The fourth-order valence-electron chi connectivity index (χ4n) is 2.10. The second-order valence-electron chi connectivity index (χ2n) is 4.20. The van der Waals surface area contributed by atoms with E-state index in [0.29, 0.717) is 10.7 Å². The van der Waals surface area contributed by atoms with Crippen LogP contribution in [0.15, 0.2) is 12.1 Å². The van der Waals surface area contributed by atoms with Gasteiger partial charge in [0.05, 0.1) is 23.4 Å². The molecule has 1 aliphatic heterocycles. The normalized spacial score (nSPS) is 20.6. The van der Waals surface area contributed by atoms with E-state index in [9.17, 15) is 0 Å². The highest BCUT2D eigenvalue weighted by molar-refractivity contribution is 6.31. The molecule has 1 saturated heterocycles. The number of ether oxygens (including phenoxy) is 1. The quantitative estimate of drug-likeness (QED) is 0.897. The molecule has 1 aliphatic rings. The molecule has 1 aromatic rings. The zero-order valence-electron chi connectivity index (χ0n) is 9.90. The molecule has 1 atom stereocenters. The highest BCUT2D eigenvalue weighted by atomic mass is 35.5. The average molecular weight is 257 g/mol. The topological polar surface area (TPSA) is 45.6 Å². The van der Waals surface area contributed by atoms with Crippen LogP contribution in [0.25, 0.3) is 0 Å². The first kappa shape index (κ1) is 12.6. The lowest BCUT2D eigenvalue weighted by molar-refractivity contribution is 0.0891. The van der Waals surface area contributed by atoms with Crippen molar-refractivity contribution in [1.29, 1.82) is 0 Å². The Morgan fingerprint density at radius 2 is 2.41 bits per heavy atom. The van der Waals surface area contributed by atoms with Crippen LogP contribution in [-0.2, 0) is 11.3 Å². The van der Waals surface area contributed by atoms with Crippen molar-refractivity contribution in [2.24, 2.45) is 0 Å². The van der Waals surface area contributed by atoms with Gasteiger partial charge in [0.2, 0.25) is 0 Å². The van der Waals surface area contributed by atoms with E-state index in [4.69, 9.17) is 21.4 Å². The third-order valence-corrected chi connectivity index (χ3v) is 3.43. The molecule has 0 radical (unpaired) electrons. The van der Waals surface area contributed by atoms with Crippen molar-refractivity contribution in [3.63, 3.8) is 0 Å². The van der Waals surface area contributed by atoms with Crippen LogP contribution in [0.5, 0.6) is 0 Å². The highest BCUT2D eigenvalue weighted by Gasteiger charge is 2.20. The Bertz CT molecular complexity index is 387. The fraction of sp³-hybridized carbons (Fsp3) is 0.583. The number of aliphatic hydroxyl groups excluding tert-OH is 1. The van der Waals surface area contributed by atoms with Gasteiger partial charge < -0.3 is 14.7 Å². The summed E-state index contributed by atoms with van der Waals surface area (Å²) in [5.74, 6) is 0.861. The van der Waals surface area contributed by atoms with Gasteiger partial charge in [0.25, 0.3) is 0 Å². The van der Waals surface area contributed by atoms with E-state index in [1.54, 1.807) is 13.2 Å². The Labute approximate surface area is 106 Å². The molecule has 1 fully saturated rings. The number of anilines is 1. The van der Waals surface area contributed by atoms with Crippen molar-refractivity contribution in [3.8, 4) is 0 Å². The number of pyridine rings is 1. The van der Waals surface area contributed by atoms with Gasteiger partial charge in [-0.1, -0.05) is 11.6 Å². The monoisotopic (exact) mass is 256 g/mol. The van der Waals surface area contributed by atoms with Gasteiger partial charge in [0, 0.05) is 20.2 Å². The Morgan fingerprint density at radius 3 is 3.12 bits per heavy atom. The van der Waals surface area contributed by atoms with Crippen molar-refractivity contribution in [1.82, 2.24) is 4.98 Å². The number of rotatable bonds is 3. The Morgan fingerprint density at radius 1 is 1.59 bits per heavy atom. The summed E-state index contributed by atoms with van der Waals surface area (Å²) < 4.78 is 5.38. The van der Waals surface area contributed by atoms with Crippen LogP contribution in [0.3, 0.4) is 0 Å². The molecule has 5 heteroatoms. The summed E-state index contributed by atoms with van der Waals surface area (Å²) in [5, 5.41) is 9.66. The maximum Gasteiger partial charge on any atom is 0.129 e. The molecule has 0 aliphatic carbocycles. The first-order valence-corrected chi connectivity index (χ1v) is 6.16. The van der Waals surface area contributed by atoms with Gasteiger partial charge in [-0.15, -0.1) is 0 Å². The third-order valence-electron chi connectivity index (χ3n) is 3.09. The van der Waals surface area contributed by atoms with E-state index in [-0.39, 0.29) is 12.7 Å². The number of hydrogen-bond donors (Lipinski definition) is 1. The summed E-state index contributed by atoms with van der Waals surface area (Å²) in [6.45, 7) is 1.68. The number of nitrogens with zero attached hydrogens (tertiary/aromatic N) is 2. The molecule has 1 unspecified atom stereocenters. The molecule has 0 saturated carbocycles. The molecule has 94 valence electrons. The van der Waals surface area contributed by atoms with Crippen molar-refractivity contribution in [3.05, 3.63) is 22.8 Å². The molecule has 1 aromatic heterocycles. The van der Waals surface area contributed by atoms with Crippen molar-refractivity contribution >= 4 is 17.4 Å². The summed E-state index contributed by atoms with van der Waals surface area (Å²) in [4.78, 5) is 6.55. The predicted octanol–water partition coefficient (Wildman–Crippen LogP) is 1.84. The van der Waals surface area contributed by atoms with Gasteiger partial charge in [0.15, 0.2) is 0 Å². The Balaban J connectivity index is 2.16. The second-order valence-corrected chi connectivity index (χ2v) is 4.61. The third kappa shape index (κ3) is 2.89. The second kappa shape index (κ2) is 5.67. The minimum atomic E-state index is -0.131. The summed E-state index contributed by atoms with van der Waals surface area (Å²) in [7, 11) is 1.74. The van der Waals surface area contributed by atoms with E-state index >= 15 is 0 Å². The zero-order chi connectivity index (χ0) is 12.3. The largest absolute Gasteiger partial charge is 0.390 e. The molecular weight excluding hydrogens is 240 g/mol. The van der Waals surface area contributed by atoms with Gasteiger partial charge in [-0.25, -0.2) is 4.98 Å². The van der Waals surface area contributed by atoms with E-state index < -0.39 is 0 Å². The molecule has 1 N–H and O–H groups in total. The predicted molar refractivity (Wildman–Crippen MR) is 67.4 cm³/mol. The maximum absolute atomic E-state index is 9.15. The highest BCUT2D eigenvalue weighted by Crippen LogP contribution is 2.23. The number of halogens is 1. The van der Waals surface area contributed by atoms with Gasteiger partial charge in [0.1, 0.15) is 5.82 Å². The van der Waals surface area contributed by atoms with Crippen LogP contribution >= 0.6 is 11.6 Å². The van der Waals surface area contributed by atoms with Gasteiger partial charge in [-0.2, -0.15) is 0 Å². The Kier molecular flexibility index (Phi) is 4.20. The first-order chi connectivity index (χ1) is 8.24. The Hall–Kier alpha value is -0.840. The number of aromatic nitrogens is 1. The van der Waals surface area contributed by atoms with Crippen molar-refractivity contribution in [2.75, 3.05) is 25.1 Å². The maximum atomic E-state index is 9.15. The first-order valence-electron chi connectivity index (χ1n) is 5.78. The van der Waals surface area contributed by atoms with Crippen molar-refractivity contribution < 1.29 is 9.84 Å². The van der Waals surface area contributed by atoms with E-state index in [0.717, 1.165) is 31.7 Å². The van der Waals surface area contributed by atoms with E-state index in [1.165, 1.54) is 0 Å². The average Bonchev–Trinajstić information content (AvgIpc) is 2.39. The van der Waals surface area contributed by atoms with Crippen LogP contribution in [0.4, 0.5) is 5.82 Å². The van der Waals surface area contributed by atoms with Crippen LogP contribution in [0.1, 0.15) is 18.5 Å². The molecule has 0 amide bonds. The number of piperidine rings is 1. The number of methoxy groups -OCH3 is 1. The van der Waals surface area contributed by atoms with E-state index in [2.05, 4.69) is 9.88 Å². The lowest BCUT2D eigenvalue weighted by Crippen LogP contribution is -2.39. The summed E-state index contributed by atoms with van der Waals surface area (Å²) in [6.07, 6.45) is 2.45. The summed E-state index contributed by atoms with van der Waals surface area (Å²) in [6, 6.07) is 3.67. The lowest BCUT2D eigenvalue weighted by Gasteiger charge is -2.33. The molecule has 2 rings (SSSR count). The minimum Gasteiger partial charge on any atom is -0.390 e. The minimum absolute atomic E-state index is 0.131. The molecule has 0 spiro atoms. The molecule has 0 aromatic carbocycles. The summed E-state index contributed by atoms with van der Waals surface area (Å²) in [5.41, 5.74) is 0.531. The molecule has 0 bridgehead atoms. The standard InChI is InChI=1S/C12H17ClN2O2/c1-17-9-3-2-6-15(7-9)12-5-4-10(13)11(8-16)14-12/h4-5,9,16H,2-3,6-8H2,1H3. The fourth-order valence-corrected chi connectivity index (χ4v) is 2.26. The van der Waals surface area contributed by atoms with Crippen LogP contribution in [-0.4, -0.2) is 36.4 Å². The SMILES string of the molecule is COC1CCCN(c2ccc(Cl)c(CO)n2)C1. The molecule has 2 heterocycles. The molecular formula is C12H17ClN2O2. The van der Waals surface area contributed by atoms with Crippen LogP contribution in [0, 0.1) is 0 Å². The van der Waals surface area contributed by atoms with E-state index in [1.807, 2.05) is 6.07 Å².